The second kappa shape index (κ2) is 9.64. The van der Waals surface area contributed by atoms with Crippen LogP contribution in [0.3, 0.4) is 0 Å². The summed E-state index contributed by atoms with van der Waals surface area (Å²) in [6, 6.07) is 10.3. The zero-order valence-electron chi connectivity index (χ0n) is 18.7. The van der Waals surface area contributed by atoms with Crippen LogP contribution in [0.5, 0.6) is 0 Å². The van der Waals surface area contributed by atoms with Crippen molar-refractivity contribution < 1.29 is 9.59 Å². The van der Waals surface area contributed by atoms with Gasteiger partial charge in [0.2, 0.25) is 5.91 Å². The molecule has 7 nitrogen and oxygen atoms in total. The van der Waals surface area contributed by atoms with Crippen LogP contribution in [0.1, 0.15) is 54.0 Å². The first kappa shape index (κ1) is 21.6. The molecule has 166 valence electrons. The number of fused-ring (bicyclic) bond motifs is 1. The van der Waals surface area contributed by atoms with Crippen LogP contribution in [-0.2, 0) is 24.3 Å². The van der Waals surface area contributed by atoms with E-state index in [-0.39, 0.29) is 11.8 Å². The normalized spacial score (nSPS) is 16.4. The summed E-state index contributed by atoms with van der Waals surface area (Å²) in [4.78, 5) is 31.9. The molecule has 31 heavy (non-hydrogen) atoms. The van der Waals surface area contributed by atoms with Gasteiger partial charge in [-0.1, -0.05) is 30.3 Å². The maximum Gasteiger partial charge on any atom is 0.274 e. The summed E-state index contributed by atoms with van der Waals surface area (Å²) in [6.45, 7) is 9.55. The Morgan fingerprint density at radius 1 is 1.03 bits per heavy atom. The van der Waals surface area contributed by atoms with E-state index in [4.69, 9.17) is 5.10 Å². The highest BCUT2D eigenvalue weighted by molar-refractivity contribution is 5.94. The van der Waals surface area contributed by atoms with E-state index >= 15 is 0 Å². The standard InChI is InChI=1S/C24H33N5O2/c1-3-27(4-2)22(30)18-26-15-12-21-20(17-26)23(24(31)28-13-8-9-14-28)25-29(21)16-19-10-6-5-7-11-19/h5-7,10-11H,3-4,8-9,12-18H2,1-2H3. The highest BCUT2D eigenvalue weighted by Crippen LogP contribution is 2.26. The zero-order valence-corrected chi connectivity index (χ0v) is 18.7. The van der Waals surface area contributed by atoms with Crippen molar-refractivity contribution >= 4 is 11.8 Å². The summed E-state index contributed by atoms with van der Waals surface area (Å²) >= 11 is 0. The Hall–Kier alpha value is -2.67. The molecular formula is C24H33N5O2. The van der Waals surface area contributed by atoms with Crippen molar-refractivity contribution in [3.63, 3.8) is 0 Å². The predicted octanol–water partition coefficient (Wildman–Crippen LogP) is 2.39. The molecule has 7 heteroatoms. The predicted molar refractivity (Wildman–Crippen MR) is 120 cm³/mol. The minimum Gasteiger partial charge on any atom is -0.342 e. The van der Waals surface area contributed by atoms with Crippen LogP contribution in [0, 0.1) is 0 Å². The molecule has 0 atom stereocenters. The summed E-state index contributed by atoms with van der Waals surface area (Å²) in [5.74, 6) is 0.190. The third-order valence-electron chi connectivity index (χ3n) is 6.46. The third kappa shape index (κ3) is 4.66. The quantitative estimate of drug-likeness (QED) is 0.686. The lowest BCUT2D eigenvalue weighted by Gasteiger charge is -2.29. The van der Waals surface area contributed by atoms with Crippen LogP contribution < -0.4 is 0 Å². The number of amides is 2. The second-order valence-electron chi connectivity index (χ2n) is 8.44. The van der Waals surface area contributed by atoms with E-state index in [0.717, 1.165) is 63.2 Å². The Labute approximate surface area is 184 Å². The van der Waals surface area contributed by atoms with Gasteiger partial charge >= 0.3 is 0 Å². The van der Waals surface area contributed by atoms with Crippen LogP contribution in [0.15, 0.2) is 30.3 Å². The Kier molecular flexibility index (Phi) is 6.70. The first-order valence-corrected chi connectivity index (χ1v) is 11.5. The monoisotopic (exact) mass is 423 g/mol. The summed E-state index contributed by atoms with van der Waals surface area (Å²) < 4.78 is 2.01. The summed E-state index contributed by atoms with van der Waals surface area (Å²) in [5.41, 5.74) is 3.89. The fourth-order valence-electron chi connectivity index (χ4n) is 4.68. The molecule has 3 heterocycles. The third-order valence-corrected chi connectivity index (χ3v) is 6.46. The second-order valence-corrected chi connectivity index (χ2v) is 8.44. The molecule has 4 rings (SSSR count). The lowest BCUT2D eigenvalue weighted by Crippen LogP contribution is -2.42. The number of aromatic nitrogens is 2. The van der Waals surface area contributed by atoms with Gasteiger partial charge in [-0.25, -0.2) is 0 Å². The Bertz CT molecular complexity index is 914. The molecule has 2 aliphatic rings. The van der Waals surface area contributed by atoms with Gasteiger partial charge in [0.1, 0.15) is 0 Å². The lowest BCUT2D eigenvalue weighted by molar-refractivity contribution is -0.132. The summed E-state index contributed by atoms with van der Waals surface area (Å²) in [5, 5.41) is 4.82. The molecule has 2 amide bonds. The van der Waals surface area contributed by atoms with Crippen molar-refractivity contribution in [2.75, 3.05) is 39.3 Å². The molecule has 0 N–H and O–H groups in total. The highest BCUT2D eigenvalue weighted by Gasteiger charge is 2.32. The van der Waals surface area contributed by atoms with E-state index in [9.17, 15) is 9.59 Å². The molecule has 1 aromatic carbocycles. The number of rotatable bonds is 7. The number of carbonyl (C=O) groups is 2. The van der Waals surface area contributed by atoms with Gasteiger partial charge in [-0.2, -0.15) is 5.10 Å². The van der Waals surface area contributed by atoms with E-state index in [2.05, 4.69) is 17.0 Å². The van der Waals surface area contributed by atoms with Crippen LogP contribution >= 0.6 is 0 Å². The van der Waals surface area contributed by atoms with E-state index in [0.29, 0.717) is 25.3 Å². The van der Waals surface area contributed by atoms with Gasteiger partial charge in [-0.05, 0) is 32.3 Å². The van der Waals surface area contributed by atoms with Crippen molar-refractivity contribution in [2.45, 2.75) is 46.2 Å². The number of likely N-dealkylation sites (tertiary alicyclic amines) is 1. The van der Waals surface area contributed by atoms with E-state index in [1.54, 1.807) is 0 Å². The van der Waals surface area contributed by atoms with E-state index in [1.807, 2.05) is 46.5 Å². The smallest absolute Gasteiger partial charge is 0.274 e. The van der Waals surface area contributed by atoms with Gasteiger partial charge in [0.05, 0.1) is 13.1 Å². The largest absolute Gasteiger partial charge is 0.342 e. The van der Waals surface area contributed by atoms with Crippen LogP contribution in [-0.4, -0.2) is 75.6 Å². The van der Waals surface area contributed by atoms with E-state index in [1.165, 1.54) is 5.56 Å². The average Bonchev–Trinajstić information content (AvgIpc) is 3.44. The number of likely N-dealkylation sites (N-methyl/N-ethyl adjacent to an activating group) is 1. The number of hydrogen-bond donors (Lipinski definition) is 0. The Morgan fingerprint density at radius 3 is 2.42 bits per heavy atom. The van der Waals surface area contributed by atoms with Gasteiger partial charge in [-0.15, -0.1) is 0 Å². The minimum absolute atomic E-state index is 0.0393. The number of carbonyl (C=O) groups excluding carboxylic acids is 2. The zero-order chi connectivity index (χ0) is 21.8. The molecule has 1 fully saturated rings. The van der Waals surface area contributed by atoms with Gasteiger partial charge in [0.25, 0.3) is 5.91 Å². The highest BCUT2D eigenvalue weighted by atomic mass is 16.2. The van der Waals surface area contributed by atoms with Crippen LogP contribution in [0.4, 0.5) is 0 Å². The van der Waals surface area contributed by atoms with Crippen LogP contribution in [0.2, 0.25) is 0 Å². The van der Waals surface area contributed by atoms with Crippen molar-refractivity contribution in [2.24, 2.45) is 0 Å². The molecule has 0 bridgehead atoms. The Balaban J connectivity index is 1.60. The lowest BCUT2D eigenvalue weighted by atomic mass is 10.0. The van der Waals surface area contributed by atoms with Crippen molar-refractivity contribution in [1.82, 2.24) is 24.5 Å². The molecule has 0 radical (unpaired) electrons. The molecule has 1 saturated heterocycles. The Morgan fingerprint density at radius 2 is 1.74 bits per heavy atom. The van der Waals surface area contributed by atoms with Crippen molar-refractivity contribution in [1.29, 1.82) is 0 Å². The molecule has 0 aliphatic carbocycles. The summed E-state index contributed by atoms with van der Waals surface area (Å²) in [6.07, 6.45) is 2.92. The molecule has 2 aromatic rings. The summed E-state index contributed by atoms with van der Waals surface area (Å²) in [7, 11) is 0. The molecule has 0 saturated carbocycles. The number of nitrogens with zero attached hydrogens (tertiary/aromatic N) is 5. The maximum absolute atomic E-state index is 13.3. The SMILES string of the molecule is CCN(CC)C(=O)CN1CCc2c(c(C(=O)N3CCCC3)nn2Cc2ccccc2)C1. The molecule has 1 aromatic heterocycles. The topological polar surface area (TPSA) is 61.7 Å². The fourth-order valence-corrected chi connectivity index (χ4v) is 4.68. The molecule has 0 unspecified atom stereocenters. The first-order valence-electron chi connectivity index (χ1n) is 11.5. The number of benzene rings is 1. The van der Waals surface area contributed by atoms with E-state index < -0.39 is 0 Å². The van der Waals surface area contributed by atoms with Crippen molar-refractivity contribution in [3.8, 4) is 0 Å². The fraction of sp³-hybridized carbons (Fsp3) is 0.542. The van der Waals surface area contributed by atoms with Gasteiger partial charge < -0.3 is 9.80 Å². The van der Waals surface area contributed by atoms with Gasteiger partial charge in [0.15, 0.2) is 5.69 Å². The van der Waals surface area contributed by atoms with Crippen LogP contribution in [0.25, 0.3) is 0 Å². The molecule has 0 spiro atoms. The van der Waals surface area contributed by atoms with Gasteiger partial charge in [0, 0.05) is 56.9 Å². The van der Waals surface area contributed by atoms with Gasteiger partial charge in [-0.3, -0.25) is 19.2 Å². The number of hydrogen-bond acceptors (Lipinski definition) is 4. The first-order chi connectivity index (χ1) is 15.1. The average molecular weight is 424 g/mol. The molecular weight excluding hydrogens is 390 g/mol. The van der Waals surface area contributed by atoms with Crippen molar-refractivity contribution in [3.05, 3.63) is 52.8 Å². The minimum atomic E-state index is 0.0393. The molecule has 2 aliphatic heterocycles. The maximum atomic E-state index is 13.3.